The van der Waals surface area contributed by atoms with Crippen LogP contribution in [0.15, 0.2) is 93.9 Å². The fourth-order valence-electron chi connectivity index (χ4n) is 4.62. The van der Waals surface area contributed by atoms with Gasteiger partial charge in [0.15, 0.2) is 0 Å². The van der Waals surface area contributed by atoms with E-state index in [1.54, 1.807) is 0 Å². The minimum Gasteiger partial charge on any atom is -0.0616 e. The summed E-state index contributed by atoms with van der Waals surface area (Å²) in [4.78, 5) is 0. The lowest BCUT2D eigenvalue weighted by molar-refractivity contribution is 1.59. The van der Waals surface area contributed by atoms with Gasteiger partial charge in [0.1, 0.15) is 0 Å². The number of rotatable bonds is 0. The molecule has 0 saturated heterocycles. The maximum Gasteiger partial charge on any atom is 0.0181 e. The fourth-order valence-corrected chi connectivity index (χ4v) is 5.34. The Morgan fingerprint density at radius 1 is 0.357 bits per heavy atom. The lowest BCUT2D eigenvalue weighted by Crippen LogP contribution is -1.91. The van der Waals surface area contributed by atoms with Gasteiger partial charge in [-0.1, -0.05) is 92.5 Å². The molecule has 0 amide bonds. The molecule has 0 atom stereocenters. The van der Waals surface area contributed by atoms with Gasteiger partial charge in [-0.15, -0.1) is 0 Å². The molecule has 2 aliphatic rings. The minimum absolute atomic E-state index is 1.11. The molecule has 28 heavy (non-hydrogen) atoms. The van der Waals surface area contributed by atoms with Gasteiger partial charge >= 0.3 is 0 Å². The largest absolute Gasteiger partial charge is 0.0616 e. The highest BCUT2D eigenvalue weighted by Crippen LogP contribution is 2.54. The summed E-state index contributed by atoms with van der Waals surface area (Å²) in [5.74, 6) is 0. The summed E-state index contributed by atoms with van der Waals surface area (Å²) in [7, 11) is 0. The molecule has 0 nitrogen and oxygen atoms in total. The van der Waals surface area contributed by atoms with Crippen LogP contribution in [-0.4, -0.2) is 0 Å². The zero-order valence-electron chi connectivity index (χ0n) is 14.8. The molecular formula is C26H14Br2. The molecule has 0 heterocycles. The molecule has 0 aromatic heterocycles. The van der Waals surface area contributed by atoms with Gasteiger partial charge in [-0.05, 0) is 79.9 Å². The minimum atomic E-state index is 1.11. The Hall–Kier alpha value is -2.42. The predicted octanol–water partition coefficient (Wildman–Crippen LogP) is 8.18. The van der Waals surface area contributed by atoms with Crippen LogP contribution in [0.2, 0.25) is 0 Å². The molecule has 0 saturated carbocycles. The zero-order chi connectivity index (χ0) is 18.8. The Bertz CT molecular complexity index is 1230. The van der Waals surface area contributed by atoms with Gasteiger partial charge in [-0.3, -0.25) is 0 Å². The molecule has 6 rings (SSSR count). The van der Waals surface area contributed by atoms with E-state index >= 15 is 0 Å². The van der Waals surface area contributed by atoms with Crippen molar-refractivity contribution >= 4 is 43.0 Å². The van der Waals surface area contributed by atoms with E-state index in [1.807, 2.05) is 0 Å². The van der Waals surface area contributed by atoms with E-state index in [4.69, 9.17) is 0 Å². The summed E-state index contributed by atoms with van der Waals surface area (Å²) < 4.78 is 2.22. The van der Waals surface area contributed by atoms with Crippen molar-refractivity contribution in [3.8, 4) is 22.3 Å². The third-order valence-corrected chi connectivity index (χ3v) is 6.71. The van der Waals surface area contributed by atoms with Crippen molar-refractivity contribution in [2.45, 2.75) is 0 Å². The first-order valence-corrected chi connectivity index (χ1v) is 10.8. The van der Waals surface area contributed by atoms with Crippen LogP contribution in [0.5, 0.6) is 0 Å². The van der Waals surface area contributed by atoms with Gasteiger partial charge in [0.2, 0.25) is 0 Å². The number of benzene rings is 4. The Morgan fingerprint density at radius 2 is 0.714 bits per heavy atom. The molecule has 4 aromatic carbocycles. The third kappa shape index (κ3) is 2.22. The first-order valence-electron chi connectivity index (χ1n) is 9.26. The van der Waals surface area contributed by atoms with Crippen LogP contribution in [0, 0.1) is 0 Å². The number of hydrogen-bond acceptors (Lipinski definition) is 0. The van der Waals surface area contributed by atoms with E-state index in [-0.39, 0.29) is 0 Å². The second-order valence-corrected chi connectivity index (χ2v) is 9.05. The summed E-state index contributed by atoms with van der Waals surface area (Å²) in [6.07, 6.45) is 0. The summed E-state index contributed by atoms with van der Waals surface area (Å²) >= 11 is 7.38. The van der Waals surface area contributed by atoms with Crippen molar-refractivity contribution in [2.75, 3.05) is 0 Å². The maximum absolute atomic E-state index is 3.69. The van der Waals surface area contributed by atoms with Gasteiger partial charge in [-0.2, -0.15) is 0 Å². The summed E-state index contributed by atoms with van der Waals surface area (Å²) in [5, 5.41) is 0. The van der Waals surface area contributed by atoms with Gasteiger partial charge in [0.25, 0.3) is 0 Å². The van der Waals surface area contributed by atoms with E-state index in [2.05, 4.69) is 117 Å². The molecule has 0 spiro atoms. The van der Waals surface area contributed by atoms with E-state index in [0.29, 0.717) is 0 Å². The number of fused-ring (bicyclic) bond motifs is 6. The Kier molecular flexibility index (Phi) is 3.56. The molecule has 0 bridgehead atoms. The molecule has 0 radical (unpaired) electrons. The summed E-state index contributed by atoms with van der Waals surface area (Å²) in [5.41, 5.74) is 13.1. The van der Waals surface area contributed by atoms with E-state index in [9.17, 15) is 0 Å². The molecule has 132 valence electrons. The van der Waals surface area contributed by atoms with Crippen LogP contribution in [-0.2, 0) is 0 Å². The topological polar surface area (TPSA) is 0 Å². The van der Waals surface area contributed by atoms with Gasteiger partial charge in [-0.25, -0.2) is 0 Å². The second kappa shape index (κ2) is 6.04. The van der Waals surface area contributed by atoms with Gasteiger partial charge < -0.3 is 0 Å². The zero-order valence-corrected chi connectivity index (χ0v) is 18.0. The summed E-state index contributed by atoms with van der Waals surface area (Å²) in [6, 6.07) is 30.8. The molecule has 0 unspecified atom stereocenters. The normalized spacial score (nSPS) is 15.8. The summed E-state index contributed by atoms with van der Waals surface area (Å²) in [6.45, 7) is 0. The average Bonchev–Trinajstić information content (AvgIpc) is 3.19. The first kappa shape index (κ1) is 16.5. The van der Waals surface area contributed by atoms with Gasteiger partial charge in [0.05, 0.1) is 0 Å². The third-order valence-electron chi connectivity index (χ3n) is 5.73. The molecule has 0 fully saturated rings. The molecule has 4 aromatic rings. The number of halogens is 2. The standard InChI is InChI=1S/C26H14Br2/c27-15-9-11-19-17-5-1-3-7-21(17)25(23(19)13-15)26-22-8-4-2-6-18(22)20-12-10-16(28)14-24(20)26/h1-14H/b26-25+. The van der Waals surface area contributed by atoms with E-state index < -0.39 is 0 Å². The lowest BCUT2D eigenvalue weighted by atomic mass is 9.92. The number of hydrogen-bond donors (Lipinski definition) is 0. The molecule has 2 aliphatic carbocycles. The Balaban J connectivity index is 1.82. The van der Waals surface area contributed by atoms with Crippen molar-refractivity contribution in [3.63, 3.8) is 0 Å². The van der Waals surface area contributed by atoms with E-state index in [1.165, 1.54) is 55.7 Å². The van der Waals surface area contributed by atoms with Crippen LogP contribution in [0.25, 0.3) is 33.4 Å². The fraction of sp³-hybridized carbons (Fsp3) is 0. The monoisotopic (exact) mass is 484 g/mol. The van der Waals surface area contributed by atoms with Crippen molar-refractivity contribution in [1.82, 2.24) is 0 Å². The van der Waals surface area contributed by atoms with Crippen LogP contribution < -0.4 is 0 Å². The Morgan fingerprint density at radius 3 is 1.14 bits per heavy atom. The molecule has 2 heteroatoms. The first-order chi connectivity index (χ1) is 13.7. The van der Waals surface area contributed by atoms with Crippen molar-refractivity contribution < 1.29 is 0 Å². The van der Waals surface area contributed by atoms with Crippen molar-refractivity contribution in [3.05, 3.63) is 116 Å². The SMILES string of the molecule is Brc1ccc2c(c1)/C(=C1\c3ccccc3-c3ccc(Br)cc31)c1ccccc1-2. The maximum atomic E-state index is 3.69. The van der Waals surface area contributed by atoms with Crippen molar-refractivity contribution in [1.29, 1.82) is 0 Å². The van der Waals surface area contributed by atoms with E-state index in [0.717, 1.165) is 8.95 Å². The molecule has 0 N–H and O–H groups in total. The highest BCUT2D eigenvalue weighted by atomic mass is 79.9. The van der Waals surface area contributed by atoms with Crippen LogP contribution in [0.3, 0.4) is 0 Å². The lowest BCUT2D eigenvalue weighted by Gasteiger charge is -2.12. The highest BCUT2D eigenvalue weighted by Gasteiger charge is 2.32. The van der Waals surface area contributed by atoms with Crippen LogP contribution >= 0.6 is 31.9 Å². The molecule has 0 aliphatic heterocycles. The van der Waals surface area contributed by atoms with Gasteiger partial charge in [0, 0.05) is 8.95 Å². The quantitative estimate of drug-likeness (QED) is 0.203. The molecular weight excluding hydrogens is 472 g/mol. The smallest absolute Gasteiger partial charge is 0.0181 e. The Labute approximate surface area is 180 Å². The van der Waals surface area contributed by atoms with Crippen LogP contribution in [0.4, 0.5) is 0 Å². The predicted molar refractivity (Wildman–Crippen MR) is 124 cm³/mol. The highest BCUT2D eigenvalue weighted by molar-refractivity contribution is 9.10. The van der Waals surface area contributed by atoms with Crippen LogP contribution in [0.1, 0.15) is 22.3 Å². The average molecular weight is 486 g/mol. The second-order valence-electron chi connectivity index (χ2n) is 7.22. The van der Waals surface area contributed by atoms with Crippen molar-refractivity contribution in [2.24, 2.45) is 0 Å².